The fourth-order valence-electron chi connectivity index (χ4n) is 0.758. The van der Waals surface area contributed by atoms with E-state index in [1.54, 1.807) is 0 Å². The summed E-state index contributed by atoms with van der Waals surface area (Å²) < 4.78 is 0. The van der Waals surface area contributed by atoms with E-state index in [1.165, 1.54) is 6.42 Å². The number of thiol groups is 2. The first-order valence-corrected chi connectivity index (χ1v) is 3.86. The van der Waals surface area contributed by atoms with Crippen molar-refractivity contribution < 1.29 is 0 Å². The molecule has 0 aliphatic heterocycles. The Morgan fingerprint density at radius 2 is 1.57 bits per heavy atom. The molecule has 1 aliphatic carbocycles. The van der Waals surface area contributed by atoms with Crippen molar-refractivity contribution in [2.24, 2.45) is 11.8 Å². The predicted molar refractivity (Wildman–Crippen MR) is 39.3 cm³/mol. The van der Waals surface area contributed by atoms with Crippen molar-refractivity contribution in [2.45, 2.75) is 6.42 Å². The molecule has 2 unspecified atom stereocenters. The van der Waals surface area contributed by atoms with Gasteiger partial charge in [-0.3, -0.25) is 0 Å². The Hall–Kier alpha value is 0.700. The van der Waals surface area contributed by atoms with E-state index in [0.717, 1.165) is 23.3 Å². The van der Waals surface area contributed by atoms with E-state index in [1.807, 2.05) is 0 Å². The Labute approximate surface area is 55.5 Å². The highest BCUT2D eigenvalue weighted by atomic mass is 32.1. The zero-order valence-electron chi connectivity index (χ0n) is 4.17. The maximum Gasteiger partial charge on any atom is -0.00664 e. The summed E-state index contributed by atoms with van der Waals surface area (Å²) in [5.41, 5.74) is 0. The van der Waals surface area contributed by atoms with Crippen molar-refractivity contribution in [3.63, 3.8) is 0 Å². The van der Waals surface area contributed by atoms with E-state index in [9.17, 15) is 0 Å². The highest BCUT2D eigenvalue weighted by molar-refractivity contribution is 7.80. The summed E-state index contributed by atoms with van der Waals surface area (Å²) in [5, 5.41) is 0. The third-order valence-corrected chi connectivity index (χ3v) is 2.48. The molecule has 0 spiro atoms. The van der Waals surface area contributed by atoms with Crippen molar-refractivity contribution >= 4 is 25.3 Å². The van der Waals surface area contributed by atoms with Gasteiger partial charge in [-0.05, 0) is 29.8 Å². The minimum atomic E-state index is 0.904. The highest BCUT2D eigenvalue weighted by Gasteiger charge is 2.33. The number of hydrogen-bond donors (Lipinski definition) is 2. The van der Waals surface area contributed by atoms with E-state index in [2.05, 4.69) is 25.3 Å². The minimum absolute atomic E-state index is 0.904. The van der Waals surface area contributed by atoms with Crippen molar-refractivity contribution in [2.75, 3.05) is 11.5 Å². The number of rotatable bonds is 2. The maximum atomic E-state index is 4.16. The van der Waals surface area contributed by atoms with Crippen LogP contribution in [-0.2, 0) is 0 Å². The van der Waals surface area contributed by atoms with Crippen LogP contribution in [-0.4, -0.2) is 11.5 Å². The summed E-state index contributed by atoms with van der Waals surface area (Å²) in [6.07, 6.45) is 1.37. The molecule has 1 aliphatic rings. The van der Waals surface area contributed by atoms with Gasteiger partial charge in [0, 0.05) is 0 Å². The molecule has 0 N–H and O–H groups in total. The van der Waals surface area contributed by atoms with E-state index in [4.69, 9.17) is 0 Å². The molecule has 1 saturated carbocycles. The first-order chi connectivity index (χ1) is 3.38. The maximum absolute atomic E-state index is 4.16. The Balaban J connectivity index is 2.06. The fraction of sp³-hybridized carbons (Fsp3) is 1.00. The molecule has 0 saturated heterocycles. The van der Waals surface area contributed by atoms with E-state index >= 15 is 0 Å². The first kappa shape index (κ1) is 5.83. The average Bonchev–Trinajstić information content (AvgIpc) is 2.43. The van der Waals surface area contributed by atoms with Crippen LogP contribution in [0, 0.1) is 11.8 Å². The van der Waals surface area contributed by atoms with Crippen LogP contribution >= 0.6 is 25.3 Å². The second-order valence-electron chi connectivity index (χ2n) is 2.12. The second-order valence-corrected chi connectivity index (χ2v) is 2.85. The fourth-order valence-corrected chi connectivity index (χ4v) is 1.65. The predicted octanol–water partition coefficient (Wildman–Crippen LogP) is 1.48. The van der Waals surface area contributed by atoms with E-state index in [0.29, 0.717) is 0 Å². The lowest BCUT2D eigenvalue weighted by Gasteiger charge is -1.84. The summed E-state index contributed by atoms with van der Waals surface area (Å²) >= 11 is 8.31. The standard InChI is InChI=1S/C5H10S2/c6-2-4-1-5(4)3-7/h4-7H,1-3H2. The van der Waals surface area contributed by atoms with Crippen LogP contribution in [0.15, 0.2) is 0 Å². The molecule has 0 aromatic carbocycles. The van der Waals surface area contributed by atoms with Crippen LogP contribution in [0.1, 0.15) is 6.42 Å². The molecule has 42 valence electrons. The zero-order chi connectivity index (χ0) is 5.28. The summed E-state index contributed by atoms with van der Waals surface area (Å²) in [6.45, 7) is 0. The van der Waals surface area contributed by atoms with Gasteiger partial charge in [-0.25, -0.2) is 0 Å². The summed E-state index contributed by atoms with van der Waals surface area (Å²) in [5.74, 6) is 3.93. The molecule has 0 aromatic heterocycles. The molecule has 0 aromatic rings. The molecular weight excluding hydrogens is 124 g/mol. The van der Waals surface area contributed by atoms with Gasteiger partial charge in [0.2, 0.25) is 0 Å². The lowest BCUT2D eigenvalue weighted by atomic mass is 10.4. The minimum Gasteiger partial charge on any atom is -0.179 e. The van der Waals surface area contributed by atoms with Crippen LogP contribution in [0.5, 0.6) is 0 Å². The molecule has 1 fully saturated rings. The second kappa shape index (κ2) is 2.31. The lowest BCUT2D eigenvalue weighted by molar-refractivity contribution is 0.860. The third kappa shape index (κ3) is 1.29. The topological polar surface area (TPSA) is 0 Å². The van der Waals surface area contributed by atoms with Crippen LogP contribution in [0.4, 0.5) is 0 Å². The van der Waals surface area contributed by atoms with Gasteiger partial charge in [0.15, 0.2) is 0 Å². The molecule has 0 radical (unpaired) electrons. The Morgan fingerprint density at radius 1 is 1.14 bits per heavy atom. The molecule has 0 nitrogen and oxygen atoms in total. The van der Waals surface area contributed by atoms with Gasteiger partial charge in [-0.2, -0.15) is 25.3 Å². The molecule has 0 heterocycles. The molecule has 1 rings (SSSR count). The number of hydrogen-bond acceptors (Lipinski definition) is 2. The van der Waals surface area contributed by atoms with Crippen molar-refractivity contribution in [3.8, 4) is 0 Å². The van der Waals surface area contributed by atoms with Gasteiger partial charge in [-0.15, -0.1) is 0 Å². The molecule has 0 amide bonds. The van der Waals surface area contributed by atoms with Gasteiger partial charge in [-0.1, -0.05) is 0 Å². The molecular formula is C5H10S2. The SMILES string of the molecule is SCC1CC1CS. The Bertz CT molecular complexity index is 55.1. The average molecular weight is 134 g/mol. The first-order valence-electron chi connectivity index (χ1n) is 2.60. The van der Waals surface area contributed by atoms with Crippen molar-refractivity contribution in [1.82, 2.24) is 0 Å². The normalized spacial score (nSPS) is 38.6. The van der Waals surface area contributed by atoms with Gasteiger partial charge in [0.1, 0.15) is 0 Å². The zero-order valence-corrected chi connectivity index (χ0v) is 5.96. The Morgan fingerprint density at radius 3 is 1.71 bits per heavy atom. The third-order valence-electron chi connectivity index (χ3n) is 1.54. The Kier molecular flexibility index (Phi) is 1.93. The smallest absolute Gasteiger partial charge is 0.00664 e. The van der Waals surface area contributed by atoms with Gasteiger partial charge >= 0.3 is 0 Å². The van der Waals surface area contributed by atoms with E-state index in [-0.39, 0.29) is 0 Å². The van der Waals surface area contributed by atoms with Crippen LogP contribution in [0.2, 0.25) is 0 Å². The van der Waals surface area contributed by atoms with Gasteiger partial charge < -0.3 is 0 Å². The van der Waals surface area contributed by atoms with Crippen molar-refractivity contribution in [1.29, 1.82) is 0 Å². The van der Waals surface area contributed by atoms with E-state index < -0.39 is 0 Å². The summed E-state index contributed by atoms with van der Waals surface area (Å²) in [7, 11) is 0. The monoisotopic (exact) mass is 134 g/mol. The van der Waals surface area contributed by atoms with Crippen LogP contribution in [0.3, 0.4) is 0 Å². The molecule has 2 heteroatoms. The summed E-state index contributed by atoms with van der Waals surface area (Å²) in [4.78, 5) is 0. The van der Waals surface area contributed by atoms with Crippen LogP contribution < -0.4 is 0 Å². The lowest BCUT2D eigenvalue weighted by Crippen LogP contribution is -1.82. The van der Waals surface area contributed by atoms with Gasteiger partial charge in [0.05, 0.1) is 0 Å². The summed E-state index contributed by atoms with van der Waals surface area (Å²) in [6, 6.07) is 0. The molecule has 7 heavy (non-hydrogen) atoms. The largest absolute Gasteiger partial charge is 0.179 e. The van der Waals surface area contributed by atoms with Crippen molar-refractivity contribution in [3.05, 3.63) is 0 Å². The van der Waals surface area contributed by atoms with Crippen LogP contribution in [0.25, 0.3) is 0 Å². The quantitative estimate of drug-likeness (QED) is 0.525. The molecule has 0 bridgehead atoms. The highest BCUT2D eigenvalue weighted by Crippen LogP contribution is 2.39. The molecule has 2 atom stereocenters. The van der Waals surface area contributed by atoms with Gasteiger partial charge in [0.25, 0.3) is 0 Å².